The Bertz CT molecular complexity index is 787. The van der Waals surface area contributed by atoms with Gasteiger partial charge in [0.2, 0.25) is 5.91 Å². The number of benzene rings is 1. The van der Waals surface area contributed by atoms with Crippen LogP contribution in [0.15, 0.2) is 30.3 Å². The van der Waals surface area contributed by atoms with Crippen molar-refractivity contribution in [2.45, 2.75) is 50.5 Å². The number of nitrogens with zero attached hydrogens (tertiary/aromatic N) is 2. The highest BCUT2D eigenvalue weighted by molar-refractivity contribution is 5.79. The highest BCUT2D eigenvalue weighted by Gasteiger charge is 2.60. The van der Waals surface area contributed by atoms with Gasteiger partial charge in [-0.3, -0.25) is 4.79 Å². The molecule has 1 saturated heterocycles. The molecule has 5 aliphatic rings. The molecule has 1 aliphatic heterocycles. The van der Waals surface area contributed by atoms with Gasteiger partial charge in [0.15, 0.2) is 0 Å². The molecule has 6 rings (SSSR count). The van der Waals surface area contributed by atoms with Gasteiger partial charge in [0, 0.05) is 32.0 Å². The fraction of sp³-hybridized carbons (Fsp3) is 0.680. The van der Waals surface area contributed by atoms with Crippen LogP contribution in [0.3, 0.4) is 0 Å². The summed E-state index contributed by atoms with van der Waals surface area (Å²) in [6, 6.07) is 11.0. The van der Waals surface area contributed by atoms with Gasteiger partial charge in [-0.1, -0.05) is 37.3 Å². The van der Waals surface area contributed by atoms with Crippen molar-refractivity contribution in [3.05, 3.63) is 35.9 Å². The number of hydrogen-bond donors (Lipinski definition) is 0. The molecule has 4 aliphatic carbocycles. The van der Waals surface area contributed by atoms with Crippen LogP contribution in [0.4, 0.5) is 4.79 Å². The number of amides is 2. The van der Waals surface area contributed by atoms with E-state index in [9.17, 15) is 9.59 Å². The Labute approximate surface area is 179 Å². The summed E-state index contributed by atoms with van der Waals surface area (Å²) in [6.45, 7) is 3.69. The number of hydrogen-bond acceptors (Lipinski definition) is 3. The molecule has 162 valence electrons. The summed E-state index contributed by atoms with van der Waals surface area (Å²) in [4.78, 5) is 28.8. The molecular weight excluding hydrogens is 376 g/mol. The van der Waals surface area contributed by atoms with E-state index in [0.29, 0.717) is 31.3 Å². The predicted molar refractivity (Wildman–Crippen MR) is 115 cm³/mol. The van der Waals surface area contributed by atoms with Gasteiger partial charge in [0.1, 0.15) is 0 Å². The van der Waals surface area contributed by atoms with Crippen molar-refractivity contribution >= 4 is 12.0 Å². The number of methoxy groups -OCH3 is 1. The summed E-state index contributed by atoms with van der Waals surface area (Å²) < 4.78 is 4.82. The molecular formula is C25H34N2O3. The molecule has 1 aromatic rings. The summed E-state index contributed by atoms with van der Waals surface area (Å²) in [5.41, 5.74) is 1.37. The van der Waals surface area contributed by atoms with Gasteiger partial charge < -0.3 is 14.5 Å². The first-order chi connectivity index (χ1) is 14.4. The number of likely N-dealkylation sites (N-methyl/N-ethyl adjacent to an activating group) is 1. The van der Waals surface area contributed by atoms with E-state index >= 15 is 0 Å². The highest BCUT2D eigenvalue weighted by Crippen LogP contribution is 2.65. The first kappa shape index (κ1) is 19.9. The Balaban J connectivity index is 1.37. The zero-order valence-electron chi connectivity index (χ0n) is 18.4. The fourth-order valence-electron chi connectivity index (χ4n) is 7.43. The molecule has 5 heteroatoms. The van der Waals surface area contributed by atoms with Gasteiger partial charge in [0.05, 0.1) is 13.2 Å². The van der Waals surface area contributed by atoms with Crippen LogP contribution >= 0.6 is 0 Å². The van der Waals surface area contributed by atoms with Crippen LogP contribution in [-0.4, -0.2) is 55.1 Å². The zero-order valence-corrected chi connectivity index (χ0v) is 18.4. The maximum absolute atomic E-state index is 13.5. The van der Waals surface area contributed by atoms with E-state index < -0.39 is 0 Å². The van der Waals surface area contributed by atoms with Gasteiger partial charge in [-0.25, -0.2) is 4.79 Å². The third-order valence-electron chi connectivity index (χ3n) is 9.27. The first-order valence-electron chi connectivity index (χ1n) is 11.6. The minimum Gasteiger partial charge on any atom is -0.453 e. The lowest BCUT2D eigenvalue weighted by Crippen LogP contribution is -2.64. The van der Waals surface area contributed by atoms with Crippen molar-refractivity contribution in [1.29, 1.82) is 0 Å². The molecule has 0 unspecified atom stereocenters. The van der Waals surface area contributed by atoms with Crippen LogP contribution < -0.4 is 0 Å². The third kappa shape index (κ3) is 2.88. The average Bonchev–Trinajstić information content (AvgIpc) is 2.71. The van der Waals surface area contributed by atoms with E-state index in [1.807, 2.05) is 4.90 Å². The molecule has 30 heavy (non-hydrogen) atoms. The lowest BCUT2D eigenvalue weighted by molar-refractivity contribution is -0.148. The number of carbonyl (C=O) groups is 2. The van der Waals surface area contributed by atoms with Crippen LogP contribution in [0.2, 0.25) is 0 Å². The Morgan fingerprint density at radius 3 is 2.17 bits per heavy atom. The molecule has 2 amide bonds. The summed E-state index contributed by atoms with van der Waals surface area (Å²) in [5.74, 6) is 4.05. The lowest BCUT2D eigenvalue weighted by Gasteiger charge is -2.64. The summed E-state index contributed by atoms with van der Waals surface area (Å²) in [7, 11) is 3.15. The zero-order chi connectivity index (χ0) is 21.0. The Kier molecular flexibility index (Phi) is 4.83. The van der Waals surface area contributed by atoms with Crippen molar-refractivity contribution in [3.63, 3.8) is 0 Å². The topological polar surface area (TPSA) is 49.9 Å². The monoisotopic (exact) mass is 410 g/mol. The van der Waals surface area contributed by atoms with E-state index in [0.717, 1.165) is 17.8 Å². The maximum atomic E-state index is 13.5. The second-order valence-corrected chi connectivity index (χ2v) is 10.3. The van der Waals surface area contributed by atoms with Crippen LogP contribution in [0.5, 0.6) is 0 Å². The van der Waals surface area contributed by atoms with Gasteiger partial charge >= 0.3 is 6.09 Å². The van der Waals surface area contributed by atoms with Gasteiger partial charge in [-0.15, -0.1) is 0 Å². The second-order valence-electron chi connectivity index (χ2n) is 10.3. The van der Waals surface area contributed by atoms with E-state index in [4.69, 9.17) is 4.74 Å². The van der Waals surface area contributed by atoms with E-state index in [2.05, 4.69) is 37.3 Å². The standard InChI is InChI=1S/C25H34N2O3/c1-16-17-9-20-11-18(16)12-21(10-17)25(20,19-7-5-4-6-8-19)13-23(28)27-14-22(15-27)26(2)24(29)30-3/h4-8,16-18,20-22H,9-15H2,1-3H3. The molecule has 5 fully saturated rings. The number of ether oxygens (including phenoxy) is 1. The second kappa shape index (κ2) is 7.28. The van der Waals surface area contributed by atoms with Gasteiger partial charge in [0.25, 0.3) is 0 Å². The molecule has 0 atom stereocenters. The molecule has 0 radical (unpaired) electrons. The molecule has 1 aromatic carbocycles. The normalized spacial score (nSPS) is 37.0. The molecule has 0 aromatic heterocycles. The fourth-order valence-corrected chi connectivity index (χ4v) is 7.43. The van der Waals surface area contributed by atoms with E-state index in [-0.39, 0.29) is 23.5 Å². The third-order valence-corrected chi connectivity index (χ3v) is 9.27. The maximum Gasteiger partial charge on any atom is 0.409 e. The summed E-state index contributed by atoms with van der Waals surface area (Å²) in [6.07, 6.45) is 5.42. The largest absolute Gasteiger partial charge is 0.453 e. The van der Waals surface area contributed by atoms with E-state index in [1.165, 1.54) is 38.4 Å². The average molecular weight is 411 g/mol. The molecule has 1 heterocycles. The molecule has 4 saturated carbocycles. The van der Waals surface area contributed by atoms with Crippen molar-refractivity contribution in [2.75, 3.05) is 27.2 Å². The Morgan fingerprint density at radius 1 is 1.07 bits per heavy atom. The minimum atomic E-state index is -0.331. The SMILES string of the molecule is COC(=O)N(C)C1CN(C(=O)CC2(c3ccccc3)C3CC4CC2CC(C3)C4C)C1. The van der Waals surface area contributed by atoms with Crippen molar-refractivity contribution < 1.29 is 14.3 Å². The first-order valence-corrected chi connectivity index (χ1v) is 11.6. The van der Waals surface area contributed by atoms with E-state index in [1.54, 1.807) is 11.9 Å². The molecule has 5 nitrogen and oxygen atoms in total. The molecule has 0 N–H and O–H groups in total. The minimum absolute atomic E-state index is 0.00911. The quantitative estimate of drug-likeness (QED) is 0.756. The number of carbonyl (C=O) groups excluding carboxylic acids is 2. The molecule has 4 bridgehead atoms. The smallest absolute Gasteiger partial charge is 0.409 e. The van der Waals surface area contributed by atoms with Crippen LogP contribution in [-0.2, 0) is 14.9 Å². The Morgan fingerprint density at radius 2 is 1.63 bits per heavy atom. The molecule has 0 spiro atoms. The summed E-state index contributed by atoms with van der Waals surface area (Å²) >= 11 is 0. The predicted octanol–water partition coefficient (Wildman–Crippen LogP) is 3.93. The van der Waals surface area contributed by atoms with Crippen molar-refractivity contribution in [2.24, 2.45) is 29.6 Å². The highest BCUT2D eigenvalue weighted by atomic mass is 16.5. The van der Waals surface area contributed by atoms with Crippen LogP contribution in [0, 0.1) is 29.6 Å². The number of likely N-dealkylation sites (tertiary alicyclic amines) is 1. The van der Waals surface area contributed by atoms with Gasteiger partial charge in [-0.2, -0.15) is 0 Å². The van der Waals surface area contributed by atoms with Crippen LogP contribution in [0.1, 0.15) is 44.6 Å². The van der Waals surface area contributed by atoms with Crippen molar-refractivity contribution in [1.82, 2.24) is 9.80 Å². The van der Waals surface area contributed by atoms with Crippen molar-refractivity contribution in [3.8, 4) is 0 Å². The van der Waals surface area contributed by atoms with Crippen LogP contribution in [0.25, 0.3) is 0 Å². The Hall–Kier alpha value is -2.04. The summed E-state index contributed by atoms with van der Waals surface area (Å²) in [5, 5.41) is 0. The number of rotatable bonds is 4. The van der Waals surface area contributed by atoms with Gasteiger partial charge in [-0.05, 0) is 60.8 Å². The lowest BCUT2D eigenvalue weighted by atomic mass is 9.41.